The zero-order valence-electron chi connectivity index (χ0n) is 13.0. The molecule has 24 heavy (non-hydrogen) atoms. The Morgan fingerprint density at radius 3 is 3.00 bits per heavy atom. The second kappa shape index (κ2) is 6.72. The van der Waals surface area contributed by atoms with E-state index in [0.29, 0.717) is 10.9 Å². The standard InChI is InChI=1S/C17H17BrN4OS/c18-11-6-7-15-19-9-13(22(15)10-11)8-14-16(23)21-17(24-14)20-12-4-2-1-3-5-12/h6-10,12H,1-5H2,(H,20,21,23). The molecule has 1 saturated heterocycles. The third-order valence-corrected chi connectivity index (χ3v) is 5.70. The van der Waals surface area contributed by atoms with Crippen LogP contribution in [0.25, 0.3) is 11.7 Å². The molecule has 1 N–H and O–H groups in total. The van der Waals surface area contributed by atoms with E-state index in [-0.39, 0.29) is 5.91 Å². The van der Waals surface area contributed by atoms with Gasteiger partial charge in [0.25, 0.3) is 5.91 Å². The van der Waals surface area contributed by atoms with Crippen molar-refractivity contribution in [1.82, 2.24) is 14.7 Å². The van der Waals surface area contributed by atoms with Crippen molar-refractivity contribution in [2.75, 3.05) is 0 Å². The van der Waals surface area contributed by atoms with Gasteiger partial charge in [0.15, 0.2) is 5.17 Å². The molecule has 0 radical (unpaired) electrons. The number of hydrogen-bond donors (Lipinski definition) is 1. The Hall–Kier alpha value is -1.60. The molecule has 2 aromatic heterocycles. The van der Waals surface area contributed by atoms with E-state index in [4.69, 9.17) is 4.99 Å². The van der Waals surface area contributed by atoms with Crippen molar-refractivity contribution in [2.24, 2.45) is 4.99 Å². The molecule has 1 aliphatic carbocycles. The number of carbonyl (C=O) groups excluding carboxylic acids is 1. The number of amidine groups is 1. The number of hydrogen-bond acceptors (Lipinski definition) is 4. The monoisotopic (exact) mass is 404 g/mol. The van der Waals surface area contributed by atoms with Crippen LogP contribution in [0.5, 0.6) is 0 Å². The molecule has 0 unspecified atom stereocenters. The lowest BCUT2D eigenvalue weighted by molar-refractivity contribution is -0.115. The Kier molecular flexibility index (Phi) is 4.45. The Bertz CT molecular complexity index is 851. The van der Waals surface area contributed by atoms with Gasteiger partial charge in [0, 0.05) is 10.7 Å². The van der Waals surface area contributed by atoms with Gasteiger partial charge in [-0.25, -0.2) is 4.98 Å². The number of halogens is 1. The van der Waals surface area contributed by atoms with Gasteiger partial charge in [0.2, 0.25) is 0 Å². The number of thioether (sulfide) groups is 1. The number of aromatic nitrogens is 2. The molecule has 0 bridgehead atoms. The third-order valence-electron chi connectivity index (χ3n) is 4.30. The second-order valence-electron chi connectivity index (χ2n) is 6.05. The molecule has 1 saturated carbocycles. The van der Waals surface area contributed by atoms with E-state index >= 15 is 0 Å². The van der Waals surface area contributed by atoms with Gasteiger partial charge in [-0.2, -0.15) is 0 Å². The van der Waals surface area contributed by atoms with Crippen LogP contribution in [0.2, 0.25) is 0 Å². The van der Waals surface area contributed by atoms with Crippen LogP contribution in [0.1, 0.15) is 37.8 Å². The summed E-state index contributed by atoms with van der Waals surface area (Å²) in [5, 5.41) is 3.62. The van der Waals surface area contributed by atoms with Crippen LogP contribution in [0.3, 0.4) is 0 Å². The maximum atomic E-state index is 12.2. The highest BCUT2D eigenvalue weighted by molar-refractivity contribution is 9.10. The topological polar surface area (TPSA) is 58.8 Å². The summed E-state index contributed by atoms with van der Waals surface area (Å²) in [7, 11) is 0. The predicted octanol–water partition coefficient (Wildman–Crippen LogP) is 3.99. The Morgan fingerprint density at radius 2 is 2.17 bits per heavy atom. The summed E-state index contributed by atoms with van der Waals surface area (Å²) in [6.07, 6.45) is 11.6. The average molecular weight is 405 g/mol. The first-order valence-electron chi connectivity index (χ1n) is 8.10. The average Bonchev–Trinajstić information content (AvgIpc) is 3.12. The fraction of sp³-hybridized carbons (Fsp3) is 0.353. The summed E-state index contributed by atoms with van der Waals surface area (Å²) >= 11 is 4.89. The maximum Gasteiger partial charge on any atom is 0.264 e. The SMILES string of the molecule is O=C1NC(=NC2CCCCC2)SC1=Cc1cnc2ccc(Br)cn12. The highest BCUT2D eigenvalue weighted by Crippen LogP contribution is 2.29. The van der Waals surface area contributed by atoms with Crippen LogP contribution in [0.15, 0.2) is 38.9 Å². The quantitative estimate of drug-likeness (QED) is 0.769. The molecular formula is C17H17BrN4OS. The van der Waals surface area contributed by atoms with Crippen molar-refractivity contribution in [3.8, 4) is 0 Å². The van der Waals surface area contributed by atoms with Gasteiger partial charge in [-0.3, -0.25) is 14.2 Å². The lowest BCUT2D eigenvalue weighted by atomic mass is 9.96. The summed E-state index contributed by atoms with van der Waals surface area (Å²) in [5.41, 5.74) is 1.73. The van der Waals surface area contributed by atoms with Gasteiger partial charge >= 0.3 is 0 Å². The summed E-state index contributed by atoms with van der Waals surface area (Å²) < 4.78 is 2.93. The van der Waals surface area contributed by atoms with Crippen LogP contribution in [-0.4, -0.2) is 26.5 Å². The Balaban J connectivity index is 1.59. The first-order valence-corrected chi connectivity index (χ1v) is 9.71. The van der Waals surface area contributed by atoms with Crippen LogP contribution in [0.4, 0.5) is 0 Å². The number of fused-ring (bicyclic) bond motifs is 1. The fourth-order valence-electron chi connectivity index (χ4n) is 3.08. The summed E-state index contributed by atoms with van der Waals surface area (Å²) in [6, 6.07) is 4.24. The number of carbonyl (C=O) groups is 1. The smallest absolute Gasteiger partial charge is 0.264 e. The van der Waals surface area contributed by atoms with Crippen LogP contribution in [-0.2, 0) is 4.79 Å². The van der Waals surface area contributed by atoms with Crippen LogP contribution >= 0.6 is 27.7 Å². The molecule has 1 amide bonds. The third kappa shape index (κ3) is 3.28. The zero-order chi connectivity index (χ0) is 16.5. The molecule has 2 aromatic rings. The van der Waals surface area contributed by atoms with Gasteiger partial charge in [-0.15, -0.1) is 0 Å². The largest absolute Gasteiger partial charge is 0.301 e. The van der Waals surface area contributed by atoms with Gasteiger partial charge in [-0.05, 0) is 58.7 Å². The number of nitrogens with zero attached hydrogens (tertiary/aromatic N) is 3. The van der Waals surface area contributed by atoms with Crippen molar-refractivity contribution in [1.29, 1.82) is 0 Å². The summed E-state index contributed by atoms with van der Waals surface area (Å²) in [4.78, 5) is 22.0. The van der Waals surface area contributed by atoms with E-state index in [1.54, 1.807) is 6.20 Å². The molecule has 4 rings (SSSR count). The van der Waals surface area contributed by atoms with Crippen molar-refractivity contribution >= 4 is 50.5 Å². The van der Waals surface area contributed by atoms with E-state index in [0.717, 1.165) is 33.8 Å². The van der Waals surface area contributed by atoms with Crippen molar-refractivity contribution in [3.05, 3.63) is 39.6 Å². The fourth-order valence-corrected chi connectivity index (χ4v) is 4.29. The first kappa shape index (κ1) is 15.9. The van der Waals surface area contributed by atoms with Gasteiger partial charge in [0.05, 0.1) is 22.8 Å². The number of imidazole rings is 1. The van der Waals surface area contributed by atoms with Gasteiger partial charge < -0.3 is 5.32 Å². The molecule has 1 aliphatic heterocycles. The molecule has 3 heterocycles. The highest BCUT2D eigenvalue weighted by Gasteiger charge is 2.25. The van der Waals surface area contributed by atoms with Gasteiger partial charge in [0.1, 0.15) is 5.65 Å². The molecule has 0 aromatic carbocycles. The van der Waals surface area contributed by atoms with Crippen LogP contribution in [0, 0.1) is 0 Å². The van der Waals surface area contributed by atoms with E-state index in [2.05, 4.69) is 26.2 Å². The molecule has 2 aliphatic rings. The molecular weight excluding hydrogens is 388 g/mol. The maximum absolute atomic E-state index is 12.2. The van der Waals surface area contributed by atoms with Gasteiger partial charge in [-0.1, -0.05) is 19.3 Å². The lowest BCUT2D eigenvalue weighted by Crippen LogP contribution is -2.22. The van der Waals surface area contributed by atoms with Crippen molar-refractivity contribution in [2.45, 2.75) is 38.1 Å². The second-order valence-corrected chi connectivity index (χ2v) is 8.00. The minimum absolute atomic E-state index is 0.0838. The van der Waals surface area contributed by atoms with E-state index < -0.39 is 0 Å². The number of nitrogens with one attached hydrogen (secondary N) is 1. The van der Waals surface area contributed by atoms with E-state index in [1.165, 1.54) is 31.0 Å². The van der Waals surface area contributed by atoms with Crippen LogP contribution < -0.4 is 5.32 Å². The number of pyridine rings is 1. The van der Waals surface area contributed by atoms with E-state index in [9.17, 15) is 4.79 Å². The molecule has 5 nitrogen and oxygen atoms in total. The Labute approximate surface area is 152 Å². The first-order chi connectivity index (χ1) is 11.7. The minimum Gasteiger partial charge on any atom is -0.301 e. The number of amides is 1. The van der Waals surface area contributed by atoms with E-state index in [1.807, 2.05) is 28.8 Å². The van der Waals surface area contributed by atoms with Crippen molar-refractivity contribution in [3.63, 3.8) is 0 Å². The normalized spacial score (nSPS) is 22.6. The highest BCUT2D eigenvalue weighted by atomic mass is 79.9. The molecule has 124 valence electrons. The molecule has 2 fully saturated rings. The Morgan fingerprint density at radius 1 is 1.33 bits per heavy atom. The predicted molar refractivity (Wildman–Crippen MR) is 101 cm³/mol. The summed E-state index contributed by atoms with van der Waals surface area (Å²) in [5.74, 6) is -0.0838. The van der Waals surface area contributed by atoms with Crippen molar-refractivity contribution < 1.29 is 4.79 Å². The molecule has 7 heteroatoms. The minimum atomic E-state index is -0.0838. The lowest BCUT2D eigenvalue weighted by Gasteiger charge is -2.17. The molecule has 0 atom stereocenters. The molecule has 0 spiro atoms. The number of rotatable bonds is 2. The number of aliphatic imine (C=N–C) groups is 1. The zero-order valence-corrected chi connectivity index (χ0v) is 15.4. The summed E-state index contributed by atoms with van der Waals surface area (Å²) in [6.45, 7) is 0.